The van der Waals surface area contributed by atoms with Crippen molar-refractivity contribution in [3.8, 4) is 0 Å². The van der Waals surface area contributed by atoms with E-state index in [1.54, 1.807) is 0 Å². The summed E-state index contributed by atoms with van der Waals surface area (Å²) in [7, 11) is 0. The third-order valence-corrected chi connectivity index (χ3v) is 5.02. The van der Waals surface area contributed by atoms with Gasteiger partial charge in [0.05, 0.1) is 12.3 Å². The maximum Gasteiger partial charge on any atom is 0.259 e. The minimum atomic E-state index is -0.148. The molecule has 1 aliphatic rings. The number of anilines is 1. The molecule has 0 spiro atoms. The number of benzene rings is 2. The number of hydrazone groups is 1. The lowest BCUT2D eigenvalue weighted by Crippen LogP contribution is -2.27. The van der Waals surface area contributed by atoms with E-state index in [0.29, 0.717) is 0 Å². The van der Waals surface area contributed by atoms with Gasteiger partial charge in [-0.2, -0.15) is 5.10 Å². The molecule has 4 heteroatoms. The average Bonchev–Trinajstić information content (AvgIpc) is 2.65. The molecule has 0 heterocycles. The van der Waals surface area contributed by atoms with Crippen LogP contribution in [0.25, 0.3) is 0 Å². The van der Waals surface area contributed by atoms with E-state index in [1.807, 2.05) is 39.0 Å². The Morgan fingerprint density at radius 2 is 1.73 bits per heavy atom. The van der Waals surface area contributed by atoms with Crippen LogP contribution in [0.4, 0.5) is 5.69 Å². The summed E-state index contributed by atoms with van der Waals surface area (Å²) >= 11 is 0. The van der Waals surface area contributed by atoms with Gasteiger partial charge in [-0.15, -0.1) is 0 Å². The molecule has 136 valence electrons. The molecule has 0 unspecified atom stereocenters. The van der Waals surface area contributed by atoms with Crippen LogP contribution < -0.4 is 10.7 Å². The molecule has 0 fully saturated rings. The first-order valence-electron chi connectivity index (χ1n) is 9.30. The lowest BCUT2D eigenvalue weighted by Gasteiger charge is -2.16. The van der Waals surface area contributed by atoms with Crippen LogP contribution in [0.5, 0.6) is 0 Å². The fourth-order valence-electron chi connectivity index (χ4n) is 3.47. The number of hydrogen-bond donors (Lipinski definition) is 2. The molecular formula is C22H27N3O. The number of hydrogen-bond acceptors (Lipinski definition) is 3. The van der Waals surface area contributed by atoms with Gasteiger partial charge >= 0.3 is 0 Å². The van der Waals surface area contributed by atoms with Crippen molar-refractivity contribution in [2.45, 2.75) is 46.5 Å². The zero-order chi connectivity index (χ0) is 18.5. The first kappa shape index (κ1) is 18.2. The van der Waals surface area contributed by atoms with Gasteiger partial charge in [0.2, 0.25) is 0 Å². The largest absolute Gasteiger partial charge is 0.376 e. The maximum atomic E-state index is 12.1. The van der Waals surface area contributed by atoms with E-state index in [-0.39, 0.29) is 12.5 Å². The zero-order valence-corrected chi connectivity index (χ0v) is 15.9. The van der Waals surface area contributed by atoms with Crippen LogP contribution in [0.1, 0.15) is 47.6 Å². The van der Waals surface area contributed by atoms with Crippen LogP contribution in [0.15, 0.2) is 41.5 Å². The van der Waals surface area contributed by atoms with Crippen LogP contribution in [-0.4, -0.2) is 18.2 Å². The Balaban J connectivity index is 1.59. The van der Waals surface area contributed by atoms with Crippen LogP contribution in [-0.2, 0) is 17.6 Å². The number of nitrogens with zero attached hydrogens (tertiary/aromatic N) is 1. The highest BCUT2D eigenvalue weighted by molar-refractivity contribution is 5.99. The van der Waals surface area contributed by atoms with Gasteiger partial charge < -0.3 is 5.32 Å². The van der Waals surface area contributed by atoms with E-state index >= 15 is 0 Å². The van der Waals surface area contributed by atoms with Crippen molar-refractivity contribution in [2.75, 3.05) is 11.9 Å². The van der Waals surface area contributed by atoms with Crippen molar-refractivity contribution in [1.29, 1.82) is 0 Å². The minimum Gasteiger partial charge on any atom is -0.376 e. The summed E-state index contributed by atoms with van der Waals surface area (Å²) in [5.41, 5.74) is 10.7. The number of carbonyl (C=O) groups is 1. The third kappa shape index (κ3) is 4.31. The summed E-state index contributed by atoms with van der Waals surface area (Å²) in [5.74, 6) is -0.148. The summed E-state index contributed by atoms with van der Waals surface area (Å²) in [6.07, 6.45) is 4.85. The molecular weight excluding hydrogens is 322 g/mol. The Morgan fingerprint density at radius 3 is 2.46 bits per heavy atom. The molecule has 0 aromatic heterocycles. The van der Waals surface area contributed by atoms with Crippen molar-refractivity contribution in [3.63, 3.8) is 0 Å². The molecule has 3 rings (SSSR count). The van der Waals surface area contributed by atoms with Crippen LogP contribution in [0.3, 0.4) is 0 Å². The second-order valence-corrected chi connectivity index (χ2v) is 7.04. The van der Waals surface area contributed by atoms with Crippen molar-refractivity contribution in [1.82, 2.24) is 5.43 Å². The summed E-state index contributed by atoms with van der Waals surface area (Å²) in [5, 5.41) is 7.48. The Hall–Kier alpha value is -2.62. The van der Waals surface area contributed by atoms with Gasteiger partial charge in [0.25, 0.3) is 5.91 Å². The molecule has 26 heavy (non-hydrogen) atoms. The monoisotopic (exact) mass is 349 g/mol. The van der Waals surface area contributed by atoms with Gasteiger partial charge in [-0.3, -0.25) is 4.79 Å². The van der Waals surface area contributed by atoms with E-state index in [1.165, 1.54) is 30.4 Å². The second kappa shape index (κ2) is 8.17. The van der Waals surface area contributed by atoms with E-state index in [9.17, 15) is 4.79 Å². The fourth-order valence-corrected chi connectivity index (χ4v) is 3.47. The van der Waals surface area contributed by atoms with Gasteiger partial charge in [0.15, 0.2) is 0 Å². The van der Waals surface area contributed by atoms with Crippen LogP contribution in [0, 0.1) is 13.8 Å². The number of rotatable bonds is 5. The SMILES string of the molecule is C/C(=N\NC(=O)CNc1c(C)cccc1C)c1ccc2c(c1)CCCC2. The predicted molar refractivity (Wildman–Crippen MR) is 108 cm³/mol. The fraction of sp³-hybridized carbons (Fsp3) is 0.364. The van der Waals surface area contributed by atoms with E-state index in [0.717, 1.165) is 34.5 Å². The van der Waals surface area contributed by atoms with Crippen molar-refractivity contribution >= 4 is 17.3 Å². The van der Waals surface area contributed by atoms with Gasteiger partial charge in [-0.05, 0) is 80.3 Å². The number of nitrogens with one attached hydrogen (secondary N) is 2. The molecule has 2 aromatic rings. The highest BCUT2D eigenvalue weighted by Gasteiger charge is 2.11. The minimum absolute atomic E-state index is 0.148. The van der Waals surface area contributed by atoms with E-state index in [2.05, 4.69) is 34.0 Å². The topological polar surface area (TPSA) is 53.5 Å². The molecule has 2 aromatic carbocycles. The lowest BCUT2D eigenvalue weighted by molar-refractivity contribution is -0.119. The third-order valence-electron chi connectivity index (χ3n) is 5.02. The highest BCUT2D eigenvalue weighted by atomic mass is 16.2. The Morgan fingerprint density at radius 1 is 1.04 bits per heavy atom. The van der Waals surface area contributed by atoms with Gasteiger partial charge in [0.1, 0.15) is 0 Å². The summed E-state index contributed by atoms with van der Waals surface area (Å²) in [4.78, 5) is 12.1. The zero-order valence-electron chi connectivity index (χ0n) is 15.9. The standard InChI is InChI=1S/C22H27N3O/c1-15-7-6-8-16(2)22(15)23-14-21(26)25-24-17(3)19-12-11-18-9-4-5-10-20(18)13-19/h6-8,11-13,23H,4-5,9-10,14H2,1-3H3,(H,25,26)/b24-17+. The molecule has 0 bridgehead atoms. The average molecular weight is 349 g/mol. The maximum absolute atomic E-state index is 12.1. The molecule has 1 amide bonds. The molecule has 0 saturated heterocycles. The smallest absolute Gasteiger partial charge is 0.259 e. The number of fused-ring (bicyclic) bond motifs is 1. The van der Waals surface area contributed by atoms with E-state index < -0.39 is 0 Å². The number of para-hydroxylation sites is 1. The normalized spacial score (nSPS) is 13.9. The molecule has 0 atom stereocenters. The van der Waals surface area contributed by atoms with E-state index in [4.69, 9.17) is 0 Å². The Bertz CT molecular complexity index is 819. The van der Waals surface area contributed by atoms with Crippen LogP contribution in [0.2, 0.25) is 0 Å². The quantitative estimate of drug-likeness (QED) is 0.630. The molecule has 1 aliphatic carbocycles. The lowest BCUT2D eigenvalue weighted by atomic mass is 9.90. The highest BCUT2D eigenvalue weighted by Crippen LogP contribution is 2.22. The summed E-state index contributed by atoms with van der Waals surface area (Å²) in [6.45, 7) is 6.20. The van der Waals surface area contributed by atoms with Gasteiger partial charge in [-0.25, -0.2) is 5.43 Å². The first-order valence-corrected chi connectivity index (χ1v) is 9.30. The Kier molecular flexibility index (Phi) is 5.71. The first-order chi connectivity index (χ1) is 12.5. The van der Waals surface area contributed by atoms with Crippen molar-refractivity contribution < 1.29 is 4.79 Å². The number of amides is 1. The summed E-state index contributed by atoms with van der Waals surface area (Å²) < 4.78 is 0. The molecule has 0 saturated carbocycles. The second-order valence-electron chi connectivity index (χ2n) is 7.04. The Labute approximate surface area is 155 Å². The molecule has 2 N–H and O–H groups in total. The molecule has 4 nitrogen and oxygen atoms in total. The van der Waals surface area contributed by atoms with Crippen LogP contribution >= 0.6 is 0 Å². The van der Waals surface area contributed by atoms with Gasteiger partial charge in [0, 0.05) is 5.69 Å². The molecule has 0 aliphatic heterocycles. The van der Waals surface area contributed by atoms with Crippen molar-refractivity contribution in [3.05, 3.63) is 64.2 Å². The molecule has 0 radical (unpaired) electrons. The van der Waals surface area contributed by atoms with Crippen molar-refractivity contribution in [2.24, 2.45) is 5.10 Å². The number of aryl methyl sites for hydroxylation is 4. The summed E-state index contributed by atoms with van der Waals surface area (Å²) in [6, 6.07) is 12.6. The van der Waals surface area contributed by atoms with Gasteiger partial charge in [-0.1, -0.05) is 30.3 Å². The number of carbonyl (C=O) groups excluding carboxylic acids is 1. The predicted octanol–water partition coefficient (Wildman–Crippen LogP) is 4.13.